The lowest BCUT2D eigenvalue weighted by atomic mass is 9.65. The van der Waals surface area contributed by atoms with Crippen LogP contribution in [0.4, 0.5) is 0 Å². The minimum absolute atomic E-state index is 0.559. The van der Waals surface area contributed by atoms with Crippen molar-refractivity contribution in [3.8, 4) is 28.5 Å². The summed E-state index contributed by atoms with van der Waals surface area (Å²) in [6.45, 7) is 0. The first kappa shape index (κ1) is 32.8. The van der Waals surface area contributed by atoms with Gasteiger partial charge in [-0.1, -0.05) is 182 Å². The first-order valence-electron chi connectivity index (χ1n) is 19.3. The monoisotopic (exact) mass is 729 g/mol. The highest BCUT2D eigenvalue weighted by Gasteiger charge is 2.38. The summed E-state index contributed by atoms with van der Waals surface area (Å²) in [5.41, 5.74) is 10.6. The molecular weight excluding hydrogens is 695 g/mol. The lowest BCUT2D eigenvalue weighted by Gasteiger charge is -2.37. The molecular formula is C53H35N3O. The van der Waals surface area contributed by atoms with Gasteiger partial charge in [-0.15, -0.1) is 0 Å². The first-order valence-corrected chi connectivity index (χ1v) is 19.3. The molecule has 0 fully saturated rings. The SMILES string of the molecule is c1ccc(C(c2ccccc2)(c2ccccc2)c2ccc(-c3nc(-c4cccc5c4oc4ccccc45)cc(-n4c5ccccc5c5ccccc54)n3)cc2)cc1. The maximum absolute atomic E-state index is 6.57. The van der Waals surface area contributed by atoms with E-state index in [9.17, 15) is 0 Å². The molecule has 57 heavy (non-hydrogen) atoms. The lowest BCUT2D eigenvalue weighted by Crippen LogP contribution is -2.30. The van der Waals surface area contributed by atoms with Crippen LogP contribution >= 0.6 is 0 Å². The van der Waals surface area contributed by atoms with E-state index in [-0.39, 0.29) is 0 Å². The number of rotatable bonds is 7. The highest BCUT2D eigenvalue weighted by atomic mass is 16.3. The van der Waals surface area contributed by atoms with Crippen LogP contribution in [0.1, 0.15) is 22.3 Å². The molecule has 3 aromatic heterocycles. The molecule has 0 amide bonds. The molecule has 0 aliphatic carbocycles. The summed E-state index contributed by atoms with van der Waals surface area (Å²) in [5, 5.41) is 4.50. The molecule has 0 bridgehead atoms. The molecule has 0 saturated carbocycles. The fourth-order valence-corrected chi connectivity index (χ4v) is 8.87. The molecule has 0 aliphatic rings. The molecule has 0 aliphatic heterocycles. The summed E-state index contributed by atoms with van der Waals surface area (Å²) in [6.07, 6.45) is 0. The van der Waals surface area contributed by atoms with E-state index in [2.05, 4.69) is 205 Å². The Kier molecular flexibility index (Phi) is 7.68. The highest BCUT2D eigenvalue weighted by molar-refractivity contribution is 6.10. The molecule has 11 rings (SSSR count). The molecule has 0 unspecified atom stereocenters. The third kappa shape index (κ3) is 5.22. The fraction of sp³-hybridized carbons (Fsp3) is 0.0189. The van der Waals surface area contributed by atoms with E-state index < -0.39 is 5.41 Å². The zero-order valence-corrected chi connectivity index (χ0v) is 31.0. The highest BCUT2D eigenvalue weighted by Crippen LogP contribution is 2.46. The van der Waals surface area contributed by atoms with Gasteiger partial charge in [0.1, 0.15) is 17.0 Å². The van der Waals surface area contributed by atoms with Gasteiger partial charge in [-0.25, -0.2) is 9.97 Å². The van der Waals surface area contributed by atoms with E-state index >= 15 is 0 Å². The summed E-state index contributed by atoms with van der Waals surface area (Å²) in [4.78, 5) is 10.7. The van der Waals surface area contributed by atoms with Gasteiger partial charge in [0.2, 0.25) is 0 Å². The van der Waals surface area contributed by atoms with E-state index in [4.69, 9.17) is 14.4 Å². The Hall–Kier alpha value is -7.56. The Labute approximate surface area is 330 Å². The van der Waals surface area contributed by atoms with Gasteiger partial charge >= 0.3 is 0 Å². The predicted molar refractivity (Wildman–Crippen MR) is 233 cm³/mol. The van der Waals surface area contributed by atoms with Crippen LogP contribution in [-0.2, 0) is 5.41 Å². The van der Waals surface area contributed by atoms with Crippen LogP contribution in [0.25, 0.3) is 72.2 Å². The number of fused-ring (bicyclic) bond motifs is 6. The molecule has 0 atom stereocenters. The van der Waals surface area contributed by atoms with E-state index in [0.717, 1.165) is 61.2 Å². The molecule has 0 saturated heterocycles. The first-order chi connectivity index (χ1) is 28.3. The van der Waals surface area contributed by atoms with Gasteiger partial charge in [0, 0.05) is 38.7 Å². The van der Waals surface area contributed by atoms with Gasteiger partial charge < -0.3 is 4.42 Å². The molecule has 268 valence electrons. The number of hydrogen-bond donors (Lipinski definition) is 0. The summed E-state index contributed by atoms with van der Waals surface area (Å²) < 4.78 is 8.83. The maximum Gasteiger partial charge on any atom is 0.162 e. The van der Waals surface area contributed by atoms with E-state index in [1.807, 2.05) is 12.1 Å². The second-order valence-electron chi connectivity index (χ2n) is 14.5. The number of furan rings is 1. The maximum atomic E-state index is 6.57. The second kappa shape index (κ2) is 13.3. The van der Waals surface area contributed by atoms with Crippen molar-refractivity contribution in [2.75, 3.05) is 0 Å². The molecule has 0 radical (unpaired) electrons. The van der Waals surface area contributed by atoms with Crippen molar-refractivity contribution in [2.45, 2.75) is 5.41 Å². The van der Waals surface area contributed by atoms with Crippen LogP contribution in [0.15, 0.2) is 217 Å². The summed E-state index contributed by atoms with van der Waals surface area (Å²) in [6, 6.07) is 75.0. The quantitative estimate of drug-likeness (QED) is 0.153. The standard InChI is InChI=1S/C53H35N3O/c1-4-17-37(18-5-1)53(38-19-6-2-7-20-38,39-21-8-3-9-22-39)40-33-31-36(32-34-40)52-54-46(45-27-16-26-44-43-25-12-15-30-49(43)57-51(44)45)35-50(55-52)56-47-28-13-10-23-41(47)42-24-11-14-29-48(42)56/h1-35H. The lowest BCUT2D eigenvalue weighted by molar-refractivity contribution is 0.670. The fourth-order valence-electron chi connectivity index (χ4n) is 8.87. The van der Waals surface area contributed by atoms with Crippen molar-refractivity contribution in [3.05, 3.63) is 235 Å². The average molecular weight is 730 g/mol. The molecule has 3 heterocycles. The van der Waals surface area contributed by atoms with E-state index in [1.165, 1.54) is 27.5 Å². The van der Waals surface area contributed by atoms with Crippen molar-refractivity contribution in [1.29, 1.82) is 0 Å². The number of benzene rings is 8. The van der Waals surface area contributed by atoms with Gasteiger partial charge in [-0.3, -0.25) is 4.57 Å². The molecule has 8 aromatic carbocycles. The summed E-state index contributed by atoms with van der Waals surface area (Å²) in [5.74, 6) is 1.42. The third-order valence-electron chi connectivity index (χ3n) is 11.4. The topological polar surface area (TPSA) is 43.9 Å². The van der Waals surface area contributed by atoms with Gasteiger partial charge in [0.05, 0.1) is 22.1 Å². The zero-order chi connectivity index (χ0) is 37.8. The Bertz CT molecular complexity index is 3070. The van der Waals surface area contributed by atoms with E-state index in [0.29, 0.717) is 5.82 Å². The van der Waals surface area contributed by atoms with Gasteiger partial charge in [0.25, 0.3) is 0 Å². The Balaban J connectivity index is 1.15. The van der Waals surface area contributed by atoms with Gasteiger partial charge in [-0.2, -0.15) is 0 Å². The normalized spacial score (nSPS) is 11.9. The Morgan fingerprint density at radius 3 is 1.49 bits per heavy atom. The van der Waals surface area contributed by atoms with Crippen LogP contribution in [0.3, 0.4) is 0 Å². The largest absolute Gasteiger partial charge is 0.455 e. The smallest absolute Gasteiger partial charge is 0.162 e. The van der Waals surface area contributed by atoms with Crippen molar-refractivity contribution < 1.29 is 4.42 Å². The molecule has 0 N–H and O–H groups in total. The minimum atomic E-state index is -0.559. The van der Waals surface area contributed by atoms with Gasteiger partial charge in [-0.05, 0) is 46.5 Å². The third-order valence-corrected chi connectivity index (χ3v) is 11.4. The number of nitrogens with zero attached hydrogens (tertiary/aromatic N) is 3. The predicted octanol–water partition coefficient (Wildman–Crippen LogP) is 13.2. The van der Waals surface area contributed by atoms with E-state index in [1.54, 1.807) is 0 Å². The molecule has 4 heteroatoms. The van der Waals surface area contributed by atoms with Gasteiger partial charge in [0.15, 0.2) is 5.82 Å². The van der Waals surface area contributed by atoms with Crippen LogP contribution in [0.5, 0.6) is 0 Å². The Morgan fingerprint density at radius 2 is 0.895 bits per heavy atom. The average Bonchev–Trinajstić information content (AvgIpc) is 3.84. The van der Waals surface area contributed by atoms with Crippen molar-refractivity contribution in [3.63, 3.8) is 0 Å². The second-order valence-corrected chi connectivity index (χ2v) is 14.5. The van der Waals surface area contributed by atoms with Crippen molar-refractivity contribution >= 4 is 43.7 Å². The van der Waals surface area contributed by atoms with Crippen molar-refractivity contribution in [2.24, 2.45) is 0 Å². The molecule has 0 spiro atoms. The number of hydrogen-bond acceptors (Lipinski definition) is 3. The summed E-state index contributed by atoms with van der Waals surface area (Å²) >= 11 is 0. The van der Waals surface area contributed by atoms with Crippen molar-refractivity contribution in [1.82, 2.24) is 14.5 Å². The number of para-hydroxylation sites is 4. The van der Waals surface area contributed by atoms with Crippen LogP contribution in [-0.4, -0.2) is 14.5 Å². The molecule has 4 nitrogen and oxygen atoms in total. The van der Waals surface area contributed by atoms with Crippen LogP contribution < -0.4 is 0 Å². The number of aromatic nitrogens is 3. The van der Waals surface area contributed by atoms with Crippen LogP contribution in [0, 0.1) is 0 Å². The Morgan fingerprint density at radius 1 is 0.404 bits per heavy atom. The molecule has 11 aromatic rings. The minimum Gasteiger partial charge on any atom is -0.455 e. The zero-order valence-electron chi connectivity index (χ0n) is 31.0. The summed E-state index contributed by atoms with van der Waals surface area (Å²) in [7, 11) is 0. The van der Waals surface area contributed by atoms with Crippen LogP contribution in [0.2, 0.25) is 0 Å².